The molecule has 0 amide bonds. The fraction of sp³-hybridized carbons (Fsp3) is 0.500. The Labute approximate surface area is 72.3 Å². The summed E-state index contributed by atoms with van der Waals surface area (Å²) in [7, 11) is 0. The molecule has 64 valence electrons. The lowest BCUT2D eigenvalue weighted by Crippen LogP contribution is -2.12. The Kier molecular flexibility index (Phi) is 2.09. The first kappa shape index (κ1) is 7.74. The Balaban J connectivity index is 1.94. The third-order valence-corrected chi connectivity index (χ3v) is 2.36. The molecule has 1 saturated carbocycles. The van der Waals surface area contributed by atoms with Gasteiger partial charge in [0.05, 0.1) is 6.10 Å². The highest BCUT2D eigenvalue weighted by atomic mass is 16.3. The zero-order valence-corrected chi connectivity index (χ0v) is 6.98. The van der Waals surface area contributed by atoms with E-state index in [1.165, 1.54) is 18.4 Å². The summed E-state index contributed by atoms with van der Waals surface area (Å²) >= 11 is 0. The van der Waals surface area contributed by atoms with Crippen LogP contribution in [-0.2, 0) is 6.42 Å². The molecule has 0 saturated heterocycles. The molecule has 1 N–H and O–H groups in total. The second-order valence-electron chi connectivity index (χ2n) is 3.46. The zero-order valence-electron chi connectivity index (χ0n) is 6.98. The van der Waals surface area contributed by atoms with E-state index >= 15 is 0 Å². The molecule has 2 nitrogen and oxygen atoms in total. The molecule has 1 aliphatic carbocycles. The lowest BCUT2D eigenvalue weighted by atomic mass is 10.1. The number of rotatable bonds is 3. The molecule has 0 aliphatic heterocycles. The molecule has 12 heavy (non-hydrogen) atoms. The standard InChI is InChI=1S/C10H13NO/c12-10(9-1-2-9)7-8-3-5-11-6-4-8/h3-6,9-10,12H,1-2,7H2. The summed E-state index contributed by atoms with van der Waals surface area (Å²) in [5.74, 6) is 0.568. The van der Waals surface area contributed by atoms with Gasteiger partial charge >= 0.3 is 0 Å². The van der Waals surface area contributed by atoms with Crippen LogP contribution in [0.5, 0.6) is 0 Å². The van der Waals surface area contributed by atoms with Crippen LogP contribution in [0, 0.1) is 5.92 Å². The van der Waals surface area contributed by atoms with Crippen molar-refractivity contribution in [3.05, 3.63) is 30.1 Å². The number of nitrogens with zero attached hydrogens (tertiary/aromatic N) is 1. The highest BCUT2D eigenvalue weighted by molar-refractivity contribution is 5.11. The monoisotopic (exact) mass is 163 g/mol. The predicted molar refractivity (Wildman–Crippen MR) is 46.7 cm³/mol. The summed E-state index contributed by atoms with van der Waals surface area (Å²) in [5, 5.41) is 9.62. The maximum absolute atomic E-state index is 9.62. The summed E-state index contributed by atoms with van der Waals surface area (Å²) < 4.78 is 0. The fourth-order valence-electron chi connectivity index (χ4n) is 1.41. The molecule has 0 radical (unpaired) electrons. The van der Waals surface area contributed by atoms with Crippen LogP contribution < -0.4 is 0 Å². The van der Waals surface area contributed by atoms with Gasteiger partial charge < -0.3 is 5.11 Å². The first-order valence-corrected chi connectivity index (χ1v) is 4.43. The van der Waals surface area contributed by atoms with Crippen molar-refractivity contribution in [3.63, 3.8) is 0 Å². The highest BCUT2D eigenvalue weighted by Crippen LogP contribution is 2.33. The Bertz CT molecular complexity index is 243. The van der Waals surface area contributed by atoms with Crippen LogP contribution in [0.4, 0.5) is 0 Å². The van der Waals surface area contributed by atoms with E-state index in [9.17, 15) is 5.11 Å². The van der Waals surface area contributed by atoms with Crippen molar-refractivity contribution in [1.82, 2.24) is 4.98 Å². The van der Waals surface area contributed by atoms with Gasteiger partial charge in [0.15, 0.2) is 0 Å². The van der Waals surface area contributed by atoms with E-state index in [0.717, 1.165) is 6.42 Å². The van der Waals surface area contributed by atoms with Gasteiger partial charge in [-0.15, -0.1) is 0 Å². The van der Waals surface area contributed by atoms with Crippen LogP contribution in [0.3, 0.4) is 0 Å². The first-order valence-electron chi connectivity index (χ1n) is 4.43. The number of aliphatic hydroxyl groups excluding tert-OH is 1. The summed E-state index contributed by atoms with van der Waals surface area (Å²) in [6.45, 7) is 0. The van der Waals surface area contributed by atoms with Crippen LogP contribution >= 0.6 is 0 Å². The molecular formula is C10H13NO. The third-order valence-electron chi connectivity index (χ3n) is 2.36. The third kappa shape index (κ3) is 1.83. The summed E-state index contributed by atoms with van der Waals surface area (Å²) in [6.07, 6.45) is 6.60. The fourth-order valence-corrected chi connectivity index (χ4v) is 1.41. The van der Waals surface area contributed by atoms with Gasteiger partial charge in [-0.3, -0.25) is 4.98 Å². The Morgan fingerprint density at radius 1 is 1.42 bits per heavy atom. The molecule has 1 fully saturated rings. The lowest BCUT2D eigenvalue weighted by molar-refractivity contribution is 0.151. The Morgan fingerprint density at radius 3 is 2.67 bits per heavy atom. The van der Waals surface area contributed by atoms with Gasteiger partial charge in [-0.1, -0.05) is 0 Å². The second-order valence-corrected chi connectivity index (χ2v) is 3.46. The van der Waals surface area contributed by atoms with Crippen molar-refractivity contribution >= 4 is 0 Å². The normalized spacial score (nSPS) is 19.1. The van der Waals surface area contributed by atoms with Crippen molar-refractivity contribution < 1.29 is 5.11 Å². The largest absolute Gasteiger partial charge is 0.392 e. The van der Waals surface area contributed by atoms with E-state index in [2.05, 4.69) is 4.98 Å². The van der Waals surface area contributed by atoms with Crippen molar-refractivity contribution in [2.75, 3.05) is 0 Å². The quantitative estimate of drug-likeness (QED) is 0.730. The molecule has 0 bridgehead atoms. The second kappa shape index (κ2) is 3.23. The number of hydrogen-bond donors (Lipinski definition) is 1. The topological polar surface area (TPSA) is 33.1 Å². The summed E-state index contributed by atoms with van der Waals surface area (Å²) in [6, 6.07) is 3.93. The average Bonchev–Trinajstić information content (AvgIpc) is 2.88. The van der Waals surface area contributed by atoms with Crippen molar-refractivity contribution in [2.24, 2.45) is 5.92 Å². The number of hydrogen-bond acceptors (Lipinski definition) is 2. The minimum absolute atomic E-state index is 0.132. The minimum Gasteiger partial charge on any atom is -0.392 e. The van der Waals surface area contributed by atoms with Crippen LogP contribution in [0.1, 0.15) is 18.4 Å². The zero-order chi connectivity index (χ0) is 8.39. The van der Waals surface area contributed by atoms with Crippen LogP contribution in [0.15, 0.2) is 24.5 Å². The van der Waals surface area contributed by atoms with Gasteiger partial charge in [0.25, 0.3) is 0 Å². The van der Waals surface area contributed by atoms with Gasteiger partial charge in [0, 0.05) is 12.4 Å². The van der Waals surface area contributed by atoms with E-state index in [0.29, 0.717) is 5.92 Å². The molecular weight excluding hydrogens is 150 g/mol. The number of aliphatic hydroxyl groups is 1. The maximum Gasteiger partial charge on any atom is 0.0608 e. The Morgan fingerprint density at radius 2 is 2.08 bits per heavy atom. The minimum atomic E-state index is -0.132. The van der Waals surface area contributed by atoms with Crippen molar-refractivity contribution in [1.29, 1.82) is 0 Å². The lowest BCUT2D eigenvalue weighted by Gasteiger charge is -2.07. The van der Waals surface area contributed by atoms with Crippen LogP contribution in [0.2, 0.25) is 0 Å². The molecule has 1 aromatic heterocycles. The molecule has 1 aromatic rings. The van der Waals surface area contributed by atoms with Gasteiger partial charge in [-0.05, 0) is 42.9 Å². The van der Waals surface area contributed by atoms with Gasteiger partial charge in [-0.25, -0.2) is 0 Å². The van der Waals surface area contributed by atoms with E-state index in [1.807, 2.05) is 12.1 Å². The molecule has 2 heteroatoms. The first-order chi connectivity index (χ1) is 5.86. The van der Waals surface area contributed by atoms with E-state index in [1.54, 1.807) is 12.4 Å². The molecule has 1 atom stereocenters. The molecule has 0 aromatic carbocycles. The molecule has 0 spiro atoms. The van der Waals surface area contributed by atoms with E-state index < -0.39 is 0 Å². The Hall–Kier alpha value is -0.890. The van der Waals surface area contributed by atoms with Gasteiger partial charge in [0.1, 0.15) is 0 Å². The molecule has 1 heterocycles. The summed E-state index contributed by atoms with van der Waals surface area (Å²) in [5.41, 5.74) is 1.18. The average molecular weight is 163 g/mol. The summed E-state index contributed by atoms with van der Waals surface area (Å²) in [4.78, 5) is 3.93. The molecule has 1 aliphatic rings. The molecule has 2 rings (SSSR count). The van der Waals surface area contributed by atoms with Crippen LogP contribution in [0.25, 0.3) is 0 Å². The molecule has 1 unspecified atom stereocenters. The number of pyridine rings is 1. The highest BCUT2D eigenvalue weighted by Gasteiger charge is 2.29. The van der Waals surface area contributed by atoms with Crippen molar-refractivity contribution in [3.8, 4) is 0 Å². The van der Waals surface area contributed by atoms with Crippen molar-refractivity contribution in [2.45, 2.75) is 25.4 Å². The number of aromatic nitrogens is 1. The van der Waals surface area contributed by atoms with Crippen LogP contribution in [-0.4, -0.2) is 16.2 Å². The van der Waals surface area contributed by atoms with Gasteiger partial charge in [-0.2, -0.15) is 0 Å². The maximum atomic E-state index is 9.62. The SMILES string of the molecule is OC(Cc1ccncc1)C1CC1. The van der Waals surface area contributed by atoms with E-state index in [4.69, 9.17) is 0 Å². The smallest absolute Gasteiger partial charge is 0.0608 e. The van der Waals surface area contributed by atoms with Gasteiger partial charge in [0.2, 0.25) is 0 Å². The predicted octanol–water partition coefficient (Wildman–Crippen LogP) is 1.39. The van der Waals surface area contributed by atoms with E-state index in [-0.39, 0.29) is 6.10 Å².